The van der Waals surface area contributed by atoms with Crippen LogP contribution in [0, 0.1) is 0 Å². The van der Waals surface area contributed by atoms with Gasteiger partial charge in [0.1, 0.15) is 6.04 Å². The third kappa shape index (κ3) is 7.60. The van der Waals surface area contributed by atoms with Gasteiger partial charge in [-0.2, -0.15) is 11.8 Å². The molecule has 0 saturated carbocycles. The van der Waals surface area contributed by atoms with E-state index in [2.05, 4.69) is 15.0 Å². The Bertz CT molecular complexity index is 1090. The Morgan fingerprint density at radius 2 is 2.00 bits per heavy atom. The molecular formula is C22H23N3O4S4. The lowest BCUT2D eigenvalue weighted by Gasteiger charge is -2.17. The Labute approximate surface area is 206 Å². The van der Waals surface area contributed by atoms with Crippen LogP contribution in [0.4, 0.5) is 5.13 Å². The maximum absolute atomic E-state index is 13.0. The maximum Gasteiger partial charge on any atom is 0.326 e. The van der Waals surface area contributed by atoms with Crippen LogP contribution < -0.4 is 10.0 Å². The van der Waals surface area contributed by atoms with E-state index >= 15 is 0 Å². The van der Waals surface area contributed by atoms with Crippen molar-refractivity contribution in [2.24, 2.45) is 0 Å². The van der Waals surface area contributed by atoms with Crippen molar-refractivity contribution in [1.82, 2.24) is 10.3 Å². The van der Waals surface area contributed by atoms with Crippen LogP contribution in [0.25, 0.3) is 11.1 Å². The lowest BCUT2D eigenvalue weighted by molar-refractivity contribution is -0.139. The van der Waals surface area contributed by atoms with Crippen LogP contribution in [-0.2, 0) is 20.6 Å². The topological polar surface area (TPSA) is 108 Å². The largest absolute Gasteiger partial charge is 0.480 e. The molecule has 2 aromatic carbocycles. The molecule has 11 heteroatoms. The molecule has 0 aliphatic carbocycles. The number of thiazole rings is 1. The van der Waals surface area contributed by atoms with Crippen LogP contribution in [0.2, 0.25) is 0 Å². The monoisotopic (exact) mass is 521 g/mol. The smallest absolute Gasteiger partial charge is 0.326 e. The van der Waals surface area contributed by atoms with Gasteiger partial charge in [0, 0.05) is 22.9 Å². The SMILES string of the molecule is CSCC[C@H](NC(=O)c1ccc(CSS(=O)Nc2nccs2)cc1-c1ccccc1)C(=O)O. The van der Waals surface area contributed by atoms with Crippen LogP contribution in [0.15, 0.2) is 60.1 Å². The first-order chi connectivity index (χ1) is 16.0. The fourth-order valence-electron chi connectivity index (χ4n) is 2.96. The first kappa shape index (κ1) is 25.3. The molecule has 0 saturated heterocycles. The average molecular weight is 522 g/mol. The quantitative estimate of drug-likeness (QED) is 0.297. The molecule has 1 heterocycles. The van der Waals surface area contributed by atoms with Crippen molar-refractivity contribution in [1.29, 1.82) is 0 Å². The number of benzene rings is 2. The zero-order valence-corrected chi connectivity index (χ0v) is 21.0. The predicted octanol–water partition coefficient (Wildman–Crippen LogP) is 4.67. The van der Waals surface area contributed by atoms with Crippen LogP contribution in [0.3, 0.4) is 0 Å². The van der Waals surface area contributed by atoms with Crippen LogP contribution in [0.1, 0.15) is 22.3 Å². The van der Waals surface area contributed by atoms with Gasteiger partial charge in [-0.15, -0.1) is 11.3 Å². The predicted molar refractivity (Wildman–Crippen MR) is 139 cm³/mol. The summed E-state index contributed by atoms with van der Waals surface area (Å²) in [6.45, 7) is 0. The van der Waals surface area contributed by atoms with E-state index in [1.54, 1.807) is 23.7 Å². The highest BCUT2D eigenvalue weighted by Crippen LogP contribution is 2.28. The fraction of sp³-hybridized carbons (Fsp3) is 0.227. The van der Waals surface area contributed by atoms with Crippen LogP contribution >= 0.6 is 33.9 Å². The van der Waals surface area contributed by atoms with Crippen molar-refractivity contribution in [2.45, 2.75) is 18.2 Å². The van der Waals surface area contributed by atoms with Crippen molar-refractivity contribution < 1.29 is 18.9 Å². The number of hydrogen-bond acceptors (Lipinski definition) is 7. The molecule has 33 heavy (non-hydrogen) atoms. The van der Waals surface area contributed by atoms with E-state index in [1.165, 1.54) is 33.9 Å². The zero-order chi connectivity index (χ0) is 23.6. The first-order valence-electron chi connectivity index (χ1n) is 9.90. The van der Waals surface area contributed by atoms with Gasteiger partial charge in [0.2, 0.25) is 0 Å². The number of anilines is 1. The number of hydrogen-bond donors (Lipinski definition) is 3. The zero-order valence-electron chi connectivity index (χ0n) is 17.7. The van der Waals surface area contributed by atoms with E-state index in [0.717, 1.165) is 11.1 Å². The van der Waals surface area contributed by atoms with E-state index < -0.39 is 27.9 Å². The Hall–Kier alpha value is -2.34. The summed E-state index contributed by atoms with van der Waals surface area (Å²) in [5, 5.41) is 14.5. The Balaban J connectivity index is 1.79. The van der Waals surface area contributed by atoms with Gasteiger partial charge in [0.25, 0.3) is 5.91 Å². The van der Waals surface area contributed by atoms with Crippen LogP contribution in [0.5, 0.6) is 0 Å². The lowest BCUT2D eigenvalue weighted by atomic mass is 9.97. The van der Waals surface area contributed by atoms with Crippen molar-refractivity contribution in [3.05, 3.63) is 71.2 Å². The van der Waals surface area contributed by atoms with E-state index in [0.29, 0.717) is 34.2 Å². The molecule has 1 aromatic heterocycles. The molecule has 3 N–H and O–H groups in total. The van der Waals surface area contributed by atoms with E-state index in [4.69, 9.17) is 0 Å². The van der Waals surface area contributed by atoms with Crippen LogP contribution in [-0.4, -0.2) is 44.2 Å². The van der Waals surface area contributed by atoms with Gasteiger partial charge in [0.15, 0.2) is 15.1 Å². The third-order valence-corrected chi connectivity index (χ3v) is 8.30. The highest BCUT2D eigenvalue weighted by molar-refractivity contribution is 8.69. The van der Waals surface area contributed by atoms with E-state index in [-0.39, 0.29) is 0 Å². The summed E-state index contributed by atoms with van der Waals surface area (Å²) in [6.07, 6.45) is 3.88. The van der Waals surface area contributed by atoms with Gasteiger partial charge in [-0.1, -0.05) is 36.4 Å². The number of amides is 1. The molecule has 0 aliphatic heterocycles. The number of aliphatic carboxylic acids is 1. The molecule has 0 spiro atoms. The summed E-state index contributed by atoms with van der Waals surface area (Å²) >= 11 is 2.90. The second kappa shape index (κ2) is 12.8. The highest BCUT2D eigenvalue weighted by Gasteiger charge is 2.22. The molecule has 0 bridgehead atoms. The number of carbonyl (C=O) groups excluding carboxylic acids is 1. The minimum atomic E-state index is -1.36. The average Bonchev–Trinajstić information content (AvgIpc) is 3.33. The molecule has 3 aromatic rings. The molecule has 0 radical (unpaired) electrons. The number of carboxylic acids is 1. The molecular weight excluding hydrogens is 499 g/mol. The summed E-state index contributed by atoms with van der Waals surface area (Å²) in [5.74, 6) is -0.402. The second-order valence-corrected chi connectivity index (χ2v) is 11.5. The number of nitrogens with zero attached hydrogens (tertiary/aromatic N) is 1. The highest BCUT2D eigenvalue weighted by atomic mass is 33.1. The van der Waals surface area contributed by atoms with Gasteiger partial charge in [-0.3, -0.25) is 9.52 Å². The van der Waals surface area contributed by atoms with Crippen molar-refractivity contribution >= 4 is 60.9 Å². The summed E-state index contributed by atoms with van der Waals surface area (Å²) in [6, 6.07) is 13.9. The minimum absolute atomic E-state index is 0.343. The molecule has 1 amide bonds. The number of carboxylic acid groups (broad SMARTS) is 1. The summed E-state index contributed by atoms with van der Waals surface area (Å²) in [4.78, 5) is 28.7. The van der Waals surface area contributed by atoms with Gasteiger partial charge in [-0.05, 0) is 58.0 Å². The van der Waals surface area contributed by atoms with Crippen molar-refractivity contribution in [3.63, 3.8) is 0 Å². The fourth-order valence-corrected chi connectivity index (χ4v) is 6.20. The molecule has 3 rings (SSSR count). The summed E-state index contributed by atoms with van der Waals surface area (Å²) in [7, 11) is -0.147. The molecule has 0 aliphatic rings. The van der Waals surface area contributed by atoms with Gasteiger partial charge >= 0.3 is 5.97 Å². The van der Waals surface area contributed by atoms with Gasteiger partial charge < -0.3 is 10.4 Å². The number of nitrogens with one attached hydrogen (secondary N) is 2. The number of rotatable bonds is 12. The van der Waals surface area contributed by atoms with Crippen molar-refractivity contribution in [3.8, 4) is 11.1 Å². The second-order valence-electron chi connectivity index (χ2n) is 6.83. The molecule has 2 atom stereocenters. The van der Waals surface area contributed by atoms with Crippen molar-refractivity contribution in [2.75, 3.05) is 16.7 Å². The summed E-state index contributed by atoms with van der Waals surface area (Å²) in [5.41, 5.74) is 2.82. The Morgan fingerprint density at radius 1 is 1.21 bits per heavy atom. The molecule has 1 unspecified atom stereocenters. The molecule has 174 valence electrons. The Kier molecular flexibility index (Phi) is 9.79. The lowest BCUT2D eigenvalue weighted by Crippen LogP contribution is -2.41. The first-order valence-corrected chi connectivity index (χ1v) is 14.8. The minimum Gasteiger partial charge on any atom is -0.480 e. The molecule has 7 nitrogen and oxygen atoms in total. The summed E-state index contributed by atoms with van der Waals surface area (Å²) < 4.78 is 15.1. The maximum atomic E-state index is 13.0. The molecule has 0 fully saturated rings. The number of thioether (sulfide) groups is 1. The van der Waals surface area contributed by atoms with Gasteiger partial charge in [0.05, 0.1) is 0 Å². The number of carbonyl (C=O) groups is 2. The number of aromatic nitrogens is 1. The van der Waals surface area contributed by atoms with E-state index in [9.17, 15) is 18.9 Å². The standard InChI is InChI=1S/C22H23N3O4S4/c1-30-11-9-19(21(27)28)24-20(26)17-8-7-15(13-18(17)16-5-3-2-4-6-16)14-32-33(29)25-22-23-10-12-31-22/h2-8,10,12-13,19H,9,11,14H2,1H3,(H,23,25)(H,24,26)(H,27,28)/t19-,33?/m0/s1. The van der Waals surface area contributed by atoms with E-state index in [1.807, 2.05) is 42.7 Å². The Morgan fingerprint density at radius 3 is 2.67 bits per heavy atom. The van der Waals surface area contributed by atoms with Gasteiger partial charge in [-0.25, -0.2) is 14.0 Å². The third-order valence-electron chi connectivity index (χ3n) is 4.56. The normalized spacial score (nSPS) is 12.6.